The number of aryl methyl sites for hydroxylation is 2. The summed E-state index contributed by atoms with van der Waals surface area (Å²) in [6.45, 7) is 4.06. The maximum Gasteiger partial charge on any atom is 0.417 e. The molecule has 0 aliphatic rings. The van der Waals surface area contributed by atoms with Crippen molar-refractivity contribution in [3.63, 3.8) is 0 Å². The summed E-state index contributed by atoms with van der Waals surface area (Å²) in [5.41, 5.74) is 5.47. The van der Waals surface area contributed by atoms with E-state index in [4.69, 9.17) is 9.79 Å². The number of anilines is 1. The number of benzene rings is 1. The third kappa shape index (κ3) is 3.94. The molecule has 0 amide bonds. The van der Waals surface area contributed by atoms with Crippen LogP contribution in [0.1, 0.15) is 25.0 Å². The van der Waals surface area contributed by atoms with Crippen molar-refractivity contribution in [2.45, 2.75) is 26.7 Å². The number of hydrazine groups is 1. The highest BCUT2D eigenvalue weighted by Crippen LogP contribution is 2.28. The summed E-state index contributed by atoms with van der Waals surface area (Å²) in [4.78, 5) is 17.4. The van der Waals surface area contributed by atoms with Gasteiger partial charge in [-0.1, -0.05) is 26.0 Å². The van der Waals surface area contributed by atoms with Gasteiger partial charge in [-0.15, -0.1) is 5.20 Å². The molecule has 0 unspecified atom stereocenters. The van der Waals surface area contributed by atoms with E-state index in [1.165, 1.54) is 5.56 Å². The highest BCUT2D eigenvalue weighted by atomic mass is 31.2. The minimum atomic E-state index is -4.24. The molecule has 6 heteroatoms. The van der Waals surface area contributed by atoms with Gasteiger partial charge in [0.1, 0.15) is 0 Å². The Balaban J connectivity index is 2.83. The first-order chi connectivity index (χ1) is 7.46. The zero-order valence-electron chi connectivity index (χ0n) is 9.40. The first-order valence-corrected chi connectivity index (χ1v) is 6.78. The predicted molar refractivity (Wildman–Crippen MR) is 64.0 cm³/mol. The molecular weight excluding hydrogens is 227 g/mol. The second-order valence-corrected chi connectivity index (χ2v) is 4.79. The SMILES string of the molecule is CCc1ccc(NNP(=O)(O)O)c(CC)c1. The van der Waals surface area contributed by atoms with E-state index >= 15 is 0 Å². The molecule has 0 saturated heterocycles. The summed E-state index contributed by atoms with van der Waals surface area (Å²) < 4.78 is 10.6. The topological polar surface area (TPSA) is 81.6 Å². The molecule has 0 atom stereocenters. The third-order valence-electron chi connectivity index (χ3n) is 2.30. The van der Waals surface area contributed by atoms with Gasteiger partial charge in [-0.25, -0.2) is 4.57 Å². The maximum atomic E-state index is 10.6. The minimum Gasteiger partial charge on any atom is -0.312 e. The minimum absolute atomic E-state index is 0.697. The van der Waals surface area contributed by atoms with Gasteiger partial charge in [0.25, 0.3) is 0 Å². The first kappa shape index (κ1) is 13.2. The van der Waals surface area contributed by atoms with Crippen LogP contribution in [-0.2, 0) is 17.4 Å². The lowest BCUT2D eigenvalue weighted by Gasteiger charge is -2.13. The van der Waals surface area contributed by atoms with Gasteiger partial charge in [-0.2, -0.15) is 0 Å². The van der Waals surface area contributed by atoms with E-state index in [-0.39, 0.29) is 0 Å². The van der Waals surface area contributed by atoms with Crippen LogP contribution in [0.5, 0.6) is 0 Å². The van der Waals surface area contributed by atoms with Crippen LogP contribution in [0.15, 0.2) is 18.2 Å². The Kier molecular flexibility index (Phi) is 4.50. The maximum absolute atomic E-state index is 10.6. The molecule has 0 aromatic heterocycles. The number of nitrogens with one attached hydrogen (secondary N) is 2. The van der Waals surface area contributed by atoms with Gasteiger partial charge in [-0.05, 0) is 30.0 Å². The lowest BCUT2D eigenvalue weighted by molar-refractivity contribution is 0.362. The van der Waals surface area contributed by atoms with E-state index in [1.54, 1.807) is 0 Å². The van der Waals surface area contributed by atoms with Crippen molar-refractivity contribution in [2.24, 2.45) is 0 Å². The molecular formula is C10H17N2O3P. The molecule has 5 nitrogen and oxygen atoms in total. The molecule has 1 aromatic carbocycles. The van der Waals surface area contributed by atoms with Crippen LogP contribution < -0.4 is 10.6 Å². The van der Waals surface area contributed by atoms with Gasteiger partial charge in [-0.3, -0.25) is 0 Å². The summed E-state index contributed by atoms with van der Waals surface area (Å²) in [5.74, 6) is 0. The number of hydrogen-bond acceptors (Lipinski definition) is 2. The van der Waals surface area contributed by atoms with Crippen LogP contribution in [0.25, 0.3) is 0 Å². The Morgan fingerprint density at radius 3 is 2.44 bits per heavy atom. The lowest BCUT2D eigenvalue weighted by Crippen LogP contribution is -2.18. The van der Waals surface area contributed by atoms with Crippen molar-refractivity contribution in [1.29, 1.82) is 0 Å². The van der Waals surface area contributed by atoms with Crippen molar-refractivity contribution >= 4 is 13.4 Å². The summed E-state index contributed by atoms with van der Waals surface area (Å²) in [6.07, 6.45) is 1.75. The summed E-state index contributed by atoms with van der Waals surface area (Å²) in [5, 5.41) is 1.97. The van der Waals surface area contributed by atoms with Crippen LogP contribution in [0.2, 0.25) is 0 Å². The third-order valence-corrected chi connectivity index (χ3v) is 2.70. The molecule has 0 aliphatic heterocycles. The van der Waals surface area contributed by atoms with Crippen molar-refractivity contribution in [3.05, 3.63) is 29.3 Å². The molecule has 0 fully saturated rings. The average molecular weight is 244 g/mol. The molecule has 16 heavy (non-hydrogen) atoms. The van der Waals surface area contributed by atoms with Gasteiger partial charge in [0.2, 0.25) is 0 Å². The van der Waals surface area contributed by atoms with Crippen molar-refractivity contribution < 1.29 is 14.4 Å². The molecule has 0 aliphatic carbocycles. The Morgan fingerprint density at radius 1 is 1.25 bits per heavy atom. The van der Waals surface area contributed by atoms with Crippen molar-refractivity contribution in [1.82, 2.24) is 5.20 Å². The van der Waals surface area contributed by atoms with E-state index < -0.39 is 7.75 Å². The molecule has 4 N–H and O–H groups in total. The number of hydrogen-bond donors (Lipinski definition) is 4. The Morgan fingerprint density at radius 2 is 1.94 bits per heavy atom. The second-order valence-electron chi connectivity index (χ2n) is 3.48. The normalized spacial score (nSPS) is 11.5. The lowest BCUT2D eigenvalue weighted by atomic mass is 10.1. The van der Waals surface area contributed by atoms with Gasteiger partial charge in [0, 0.05) is 0 Å². The zero-order valence-corrected chi connectivity index (χ0v) is 10.3. The highest BCUT2D eigenvalue weighted by Gasteiger charge is 2.11. The number of rotatable bonds is 5. The van der Waals surface area contributed by atoms with Gasteiger partial charge in [0.05, 0.1) is 5.69 Å². The predicted octanol–water partition coefficient (Wildman–Crippen LogP) is 1.82. The van der Waals surface area contributed by atoms with Gasteiger partial charge < -0.3 is 15.2 Å². The van der Waals surface area contributed by atoms with Crippen LogP contribution in [-0.4, -0.2) is 9.79 Å². The fourth-order valence-corrected chi connectivity index (χ4v) is 1.68. The molecule has 0 bridgehead atoms. The monoisotopic (exact) mass is 244 g/mol. The summed E-state index contributed by atoms with van der Waals surface area (Å²) >= 11 is 0. The van der Waals surface area contributed by atoms with E-state index in [0.717, 1.165) is 18.4 Å². The van der Waals surface area contributed by atoms with Crippen LogP contribution in [0, 0.1) is 0 Å². The molecule has 1 rings (SSSR count). The van der Waals surface area contributed by atoms with E-state index in [2.05, 4.69) is 12.3 Å². The first-order valence-electron chi connectivity index (χ1n) is 5.17. The molecule has 0 saturated carbocycles. The molecule has 0 spiro atoms. The fourth-order valence-electron chi connectivity index (χ4n) is 1.41. The molecule has 90 valence electrons. The van der Waals surface area contributed by atoms with Crippen LogP contribution in [0.3, 0.4) is 0 Å². The smallest absolute Gasteiger partial charge is 0.312 e. The quantitative estimate of drug-likeness (QED) is 0.469. The standard InChI is InChI=1S/C10H17N2O3P/c1-3-8-5-6-10(9(4-2)7-8)11-12-16(13,14)15/h5-7,11H,3-4H2,1-2H3,(H3,12,13,14,15). The Bertz CT molecular complexity index is 403. The summed E-state index contributed by atoms with van der Waals surface area (Å²) in [7, 11) is -4.24. The van der Waals surface area contributed by atoms with Crippen molar-refractivity contribution in [2.75, 3.05) is 5.43 Å². The van der Waals surface area contributed by atoms with E-state index in [1.807, 2.05) is 30.3 Å². The molecule has 1 aromatic rings. The van der Waals surface area contributed by atoms with E-state index in [0.29, 0.717) is 5.69 Å². The largest absolute Gasteiger partial charge is 0.417 e. The van der Waals surface area contributed by atoms with Gasteiger partial charge >= 0.3 is 7.75 Å². The summed E-state index contributed by atoms with van der Waals surface area (Å²) in [6, 6.07) is 5.78. The van der Waals surface area contributed by atoms with Crippen LogP contribution in [0.4, 0.5) is 5.69 Å². The zero-order chi connectivity index (χ0) is 12.2. The van der Waals surface area contributed by atoms with Crippen LogP contribution >= 0.6 is 7.75 Å². The second kappa shape index (κ2) is 5.46. The Labute approximate surface area is 95.1 Å². The van der Waals surface area contributed by atoms with Crippen molar-refractivity contribution in [3.8, 4) is 0 Å². The van der Waals surface area contributed by atoms with E-state index in [9.17, 15) is 4.57 Å². The highest BCUT2D eigenvalue weighted by molar-refractivity contribution is 7.49. The molecule has 0 heterocycles. The average Bonchev–Trinajstić information content (AvgIpc) is 2.25. The van der Waals surface area contributed by atoms with Gasteiger partial charge in [0.15, 0.2) is 0 Å². The Hall–Kier alpha value is -0.870. The fraction of sp³-hybridized carbons (Fsp3) is 0.400. The molecule has 0 radical (unpaired) electrons.